The number of para-hydroxylation sites is 1. The zero-order valence-corrected chi connectivity index (χ0v) is 9.88. The van der Waals surface area contributed by atoms with Crippen LogP contribution in [0.4, 0.5) is 0 Å². The van der Waals surface area contributed by atoms with Crippen LogP contribution in [0, 0.1) is 0 Å². The fourth-order valence-corrected chi connectivity index (χ4v) is 2.34. The average Bonchev–Trinajstić information content (AvgIpc) is 2.64. The van der Waals surface area contributed by atoms with E-state index < -0.39 is 0 Å². The highest BCUT2D eigenvalue weighted by atomic mass is 15.0. The molecule has 3 aromatic rings. The minimum atomic E-state index is -0.0940. The molecule has 0 spiro atoms. The summed E-state index contributed by atoms with van der Waals surface area (Å²) in [5, 5.41) is 1.15. The summed E-state index contributed by atoms with van der Waals surface area (Å²) in [6.45, 7) is 1.94. The van der Waals surface area contributed by atoms with Crippen LogP contribution >= 0.6 is 0 Å². The van der Waals surface area contributed by atoms with Crippen LogP contribution in [0.25, 0.3) is 21.9 Å². The molecule has 4 nitrogen and oxygen atoms in total. The van der Waals surface area contributed by atoms with Gasteiger partial charge in [0.05, 0.1) is 22.2 Å². The Hall–Kier alpha value is -1.94. The lowest BCUT2D eigenvalue weighted by Gasteiger charge is -2.07. The van der Waals surface area contributed by atoms with Gasteiger partial charge in [0.1, 0.15) is 6.33 Å². The number of aryl methyl sites for hydroxylation is 1. The second kappa shape index (κ2) is 3.53. The van der Waals surface area contributed by atoms with Gasteiger partial charge in [-0.05, 0) is 13.0 Å². The first-order valence-electron chi connectivity index (χ1n) is 5.63. The van der Waals surface area contributed by atoms with Crippen LogP contribution in [0.15, 0.2) is 30.6 Å². The summed E-state index contributed by atoms with van der Waals surface area (Å²) in [5.41, 5.74) is 10.0. The van der Waals surface area contributed by atoms with Crippen molar-refractivity contribution in [3.8, 4) is 0 Å². The number of nitrogens with zero attached hydrogens (tertiary/aromatic N) is 3. The van der Waals surface area contributed by atoms with Crippen LogP contribution in [-0.4, -0.2) is 14.5 Å². The number of aromatic nitrogens is 3. The first-order valence-corrected chi connectivity index (χ1v) is 5.63. The van der Waals surface area contributed by atoms with Crippen molar-refractivity contribution in [3.63, 3.8) is 0 Å². The fourth-order valence-electron chi connectivity index (χ4n) is 2.34. The summed E-state index contributed by atoms with van der Waals surface area (Å²) in [5.74, 6) is 0. The summed E-state index contributed by atoms with van der Waals surface area (Å²) in [7, 11) is 2.03. The number of benzene rings is 1. The van der Waals surface area contributed by atoms with Gasteiger partial charge >= 0.3 is 0 Å². The van der Waals surface area contributed by atoms with E-state index in [-0.39, 0.29) is 6.04 Å². The predicted molar refractivity (Wildman–Crippen MR) is 68.6 cm³/mol. The van der Waals surface area contributed by atoms with Crippen molar-refractivity contribution in [3.05, 3.63) is 36.3 Å². The van der Waals surface area contributed by atoms with Crippen LogP contribution in [0.5, 0.6) is 0 Å². The molecule has 1 atom stereocenters. The van der Waals surface area contributed by atoms with Gasteiger partial charge in [-0.15, -0.1) is 0 Å². The van der Waals surface area contributed by atoms with Gasteiger partial charge in [-0.1, -0.05) is 18.2 Å². The van der Waals surface area contributed by atoms with Crippen molar-refractivity contribution in [1.82, 2.24) is 14.5 Å². The standard InChI is InChI=1S/C13H14N4/c1-8(14)11-13-12(16-7-15-11)9-5-3-4-6-10(9)17(13)2/h3-8H,14H2,1-2H3. The molecule has 1 unspecified atom stereocenters. The average molecular weight is 226 g/mol. The van der Waals surface area contributed by atoms with E-state index in [1.165, 1.54) is 0 Å². The third-order valence-electron chi connectivity index (χ3n) is 3.14. The molecule has 17 heavy (non-hydrogen) atoms. The maximum Gasteiger partial charge on any atom is 0.116 e. The molecule has 0 saturated heterocycles. The number of hydrogen-bond donors (Lipinski definition) is 1. The Morgan fingerprint density at radius 1 is 1.24 bits per heavy atom. The zero-order valence-electron chi connectivity index (χ0n) is 9.88. The smallest absolute Gasteiger partial charge is 0.116 e. The fraction of sp³-hybridized carbons (Fsp3) is 0.231. The predicted octanol–water partition coefficient (Wildman–Crippen LogP) is 2.14. The number of fused-ring (bicyclic) bond motifs is 3. The van der Waals surface area contributed by atoms with Gasteiger partial charge < -0.3 is 10.3 Å². The molecule has 2 heterocycles. The summed E-state index contributed by atoms with van der Waals surface area (Å²) in [6.07, 6.45) is 1.59. The molecule has 0 bridgehead atoms. The second-order valence-corrected chi connectivity index (χ2v) is 4.32. The topological polar surface area (TPSA) is 56.7 Å². The lowest BCUT2D eigenvalue weighted by molar-refractivity contribution is 0.777. The zero-order chi connectivity index (χ0) is 12.0. The summed E-state index contributed by atoms with van der Waals surface area (Å²) in [6, 6.07) is 8.12. The Morgan fingerprint density at radius 3 is 2.76 bits per heavy atom. The van der Waals surface area contributed by atoms with Gasteiger partial charge in [0.15, 0.2) is 0 Å². The van der Waals surface area contributed by atoms with Crippen molar-refractivity contribution >= 4 is 21.9 Å². The van der Waals surface area contributed by atoms with Gasteiger partial charge in [0, 0.05) is 18.5 Å². The molecule has 0 amide bonds. The van der Waals surface area contributed by atoms with Crippen molar-refractivity contribution in [2.75, 3.05) is 0 Å². The van der Waals surface area contributed by atoms with Crippen LogP contribution in [-0.2, 0) is 7.05 Å². The second-order valence-electron chi connectivity index (χ2n) is 4.32. The normalized spacial score (nSPS) is 13.4. The van der Waals surface area contributed by atoms with Crippen molar-refractivity contribution < 1.29 is 0 Å². The molecule has 0 radical (unpaired) electrons. The number of rotatable bonds is 1. The van der Waals surface area contributed by atoms with Crippen LogP contribution in [0.2, 0.25) is 0 Å². The Balaban J connectivity index is 2.57. The maximum absolute atomic E-state index is 5.97. The van der Waals surface area contributed by atoms with E-state index >= 15 is 0 Å². The molecule has 86 valence electrons. The molecule has 2 aromatic heterocycles. The van der Waals surface area contributed by atoms with E-state index in [0.29, 0.717) is 0 Å². The Kier molecular flexibility index (Phi) is 2.12. The van der Waals surface area contributed by atoms with E-state index in [1.54, 1.807) is 6.33 Å². The van der Waals surface area contributed by atoms with E-state index in [2.05, 4.69) is 26.7 Å². The van der Waals surface area contributed by atoms with Gasteiger partial charge in [0.25, 0.3) is 0 Å². The minimum absolute atomic E-state index is 0.0940. The number of hydrogen-bond acceptors (Lipinski definition) is 3. The molecule has 2 N–H and O–H groups in total. The van der Waals surface area contributed by atoms with Gasteiger partial charge in [-0.3, -0.25) is 0 Å². The molecular weight excluding hydrogens is 212 g/mol. The van der Waals surface area contributed by atoms with Crippen LogP contribution in [0.1, 0.15) is 18.7 Å². The third kappa shape index (κ3) is 1.34. The third-order valence-corrected chi connectivity index (χ3v) is 3.14. The SMILES string of the molecule is CC(N)c1ncnc2c3ccccc3n(C)c12. The van der Waals surface area contributed by atoms with E-state index in [1.807, 2.05) is 26.1 Å². The number of nitrogens with two attached hydrogens (primary N) is 1. The molecule has 0 aliphatic carbocycles. The first-order chi connectivity index (χ1) is 8.20. The molecule has 0 aliphatic heterocycles. The maximum atomic E-state index is 5.97. The van der Waals surface area contributed by atoms with Crippen molar-refractivity contribution in [1.29, 1.82) is 0 Å². The molecule has 0 saturated carbocycles. The van der Waals surface area contributed by atoms with Crippen LogP contribution in [0.3, 0.4) is 0 Å². The first kappa shape index (κ1) is 10.2. The molecule has 1 aromatic carbocycles. The lowest BCUT2D eigenvalue weighted by Crippen LogP contribution is -2.09. The molecule has 3 rings (SSSR count). The molecule has 0 aliphatic rings. The van der Waals surface area contributed by atoms with E-state index in [0.717, 1.165) is 27.6 Å². The Labute approximate surface area is 99.1 Å². The summed E-state index contributed by atoms with van der Waals surface area (Å²) < 4.78 is 2.11. The van der Waals surface area contributed by atoms with Crippen LogP contribution < -0.4 is 5.73 Å². The summed E-state index contributed by atoms with van der Waals surface area (Å²) in [4.78, 5) is 8.69. The Bertz CT molecular complexity index is 697. The highest BCUT2D eigenvalue weighted by Gasteiger charge is 2.15. The molecular formula is C13H14N4. The largest absolute Gasteiger partial charge is 0.341 e. The lowest BCUT2D eigenvalue weighted by atomic mass is 10.2. The quantitative estimate of drug-likeness (QED) is 0.691. The monoisotopic (exact) mass is 226 g/mol. The van der Waals surface area contributed by atoms with Gasteiger partial charge in [-0.25, -0.2) is 9.97 Å². The van der Waals surface area contributed by atoms with E-state index in [9.17, 15) is 0 Å². The molecule has 4 heteroatoms. The molecule has 0 fully saturated rings. The van der Waals surface area contributed by atoms with Gasteiger partial charge in [0.2, 0.25) is 0 Å². The highest BCUT2D eigenvalue weighted by Crippen LogP contribution is 2.29. The minimum Gasteiger partial charge on any atom is -0.341 e. The summed E-state index contributed by atoms with van der Waals surface area (Å²) >= 11 is 0. The van der Waals surface area contributed by atoms with Crippen molar-refractivity contribution in [2.24, 2.45) is 12.8 Å². The highest BCUT2D eigenvalue weighted by molar-refractivity contribution is 6.06. The van der Waals surface area contributed by atoms with Gasteiger partial charge in [-0.2, -0.15) is 0 Å². The van der Waals surface area contributed by atoms with E-state index in [4.69, 9.17) is 5.73 Å². The van der Waals surface area contributed by atoms with Crippen molar-refractivity contribution in [2.45, 2.75) is 13.0 Å². The Morgan fingerprint density at radius 2 is 2.00 bits per heavy atom.